The summed E-state index contributed by atoms with van der Waals surface area (Å²) in [6.07, 6.45) is 5.71. The van der Waals surface area contributed by atoms with Crippen LogP contribution in [0.25, 0.3) is 10.1 Å². The minimum absolute atomic E-state index is 0.0514. The van der Waals surface area contributed by atoms with Gasteiger partial charge in [-0.3, -0.25) is 14.8 Å². The molecule has 6 heteroatoms. The Morgan fingerprint density at radius 2 is 2.08 bits per heavy atom. The van der Waals surface area contributed by atoms with Crippen LogP contribution in [0.3, 0.4) is 0 Å². The lowest BCUT2D eigenvalue weighted by Gasteiger charge is -2.14. The third kappa shape index (κ3) is 3.22. The van der Waals surface area contributed by atoms with Gasteiger partial charge in [-0.15, -0.1) is 11.3 Å². The first kappa shape index (κ1) is 16.0. The average Bonchev–Trinajstić information content (AvgIpc) is 3.29. The van der Waals surface area contributed by atoms with E-state index in [0.29, 0.717) is 5.69 Å². The highest BCUT2D eigenvalue weighted by atomic mass is 32.1. The van der Waals surface area contributed by atoms with Crippen molar-refractivity contribution in [3.8, 4) is 0 Å². The fourth-order valence-corrected chi connectivity index (χ4v) is 4.13. The largest absolute Gasteiger partial charge is 0.373 e. The second-order valence-corrected chi connectivity index (χ2v) is 7.37. The van der Waals surface area contributed by atoms with E-state index in [0.717, 1.165) is 53.3 Å². The Morgan fingerprint density at radius 1 is 1.24 bits per heavy atom. The summed E-state index contributed by atoms with van der Waals surface area (Å²) in [5, 5.41) is 5.44. The Bertz CT molecular complexity index is 915. The molecule has 4 rings (SSSR count). The molecule has 0 radical (unpaired) electrons. The molecule has 0 spiro atoms. The number of hydrogen-bond donors (Lipinski definition) is 1. The predicted octanol–water partition coefficient (Wildman–Crippen LogP) is 3.85. The van der Waals surface area contributed by atoms with Crippen LogP contribution in [-0.4, -0.2) is 33.9 Å². The summed E-state index contributed by atoms with van der Waals surface area (Å²) >= 11 is 1.65. The Hall–Kier alpha value is -2.47. The molecule has 5 nitrogen and oxygen atoms in total. The molecule has 25 heavy (non-hydrogen) atoms. The first-order valence-electron chi connectivity index (χ1n) is 8.54. The topological polar surface area (TPSA) is 58.1 Å². The Kier molecular flexibility index (Phi) is 4.36. The van der Waals surface area contributed by atoms with Crippen LogP contribution in [-0.2, 0) is 6.54 Å². The number of pyridine rings is 2. The normalized spacial score (nSPS) is 14.2. The van der Waals surface area contributed by atoms with E-state index >= 15 is 0 Å². The molecule has 0 saturated carbocycles. The molecule has 1 N–H and O–H groups in total. The fourth-order valence-electron chi connectivity index (χ4n) is 3.18. The van der Waals surface area contributed by atoms with Gasteiger partial charge < -0.3 is 10.2 Å². The number of aromatic nitrogens is 2. The Balaban J connectivity index is 1.58. The number of aryl methyl sites for hydroxylation is 1. The third-order valence-corrected chi connectivity index (χ3v) is 5.67. The summed E-state index contributed by atoms with van der Waals surface area (Å²) in [6, 6.07) is 8.04. The zero-order valence-electron chi connectivity index (χ0n) is 14.2. The van der Waals surface area contributed by atoms with Crippen molar-refractivity contribution in [2.24, 2.45) is 0 Å². The third-order valence-electron chi connectivity index (χ3n) is 4.61. The first-order chi connectivity index (χ1) is 12.2. The summed E-state index contributed by atoms with van der Waals surface area (Å²) in [5.41, 5.74) is 2.77. The van der Waals surface area contributed by atoms with Crippen molar-refractivity contribution in [1.29, 1.82) is 0 Å². The lowest BCUT2D eigenvalue weighted by atomic mass is 10.2. The van der Waals surface area contributed by atoms with Crippen molar-refractivity contribution < 1.29 is 4.79 Å². The van der Waals surface area contributed by atoms with Crippen molar-refractivity contribution in [3.63, 3.8) is 0 Å². The molecule has 1 aliphatic heterocycles. The van der Waals surface area contributed by atoms with Crippen LogP contribution in [0.4, 0.5) is 5.00 Å². The SMILES string of the molecule is Cc1ncccc1CNc1cc2c(C(=O)N3CCCC3)nccc2s1. The summed E-state index contributed by atoms with van der Waals surface area (Å²) < 4.78 is 1.09. The molecule has 128 valence electrons. The van der Waals surface area contributed by atoms with E-state index in [-0.39, 0.29) is 5.91 Å². The Morgan fingerprint density at radius 3 is 2.88 bits per heavy atom. The fraction of sp³-hybridized carbons (Fsp3) is 0.316. The molecule has 4 heterocycles. The van der Waals surface area contributed by atoms with Gasteiger partial charge in [0.2, 0.25) is 0 Å². The maximum atomic E-state index is 12.7. The van der Waals surface area contributed by atoms with Gasteiger partial charge in [0.15, 0.2) is 0 Å². The van der Waals surface area contributed by atoms with Crippen LogP contribution in [0.1, 0.15) is 34.6 Å². The highest BCUT2D eigenvalue weighted by Gasteiger charge is 2.23. The van der Waals surface area contributed by atoms with Crippen LogP contribution in [0.5, 0.6) is 0 Å². The highest BCUT2D eigenvalue weighted by Crippen LogP contribution is 2.32. The van der Waals surface area contributed by atoms with Gasteiger partial charge in [-0.2, -0.15) is 0 Å². The van der Waals surface area contributed by atoms with Crippen molar-refractivity contribution in [2.45, 2.75) is 26.3 Å². The molecule has 0 bridgehead atoms. The highest BCUT2D eigenvalue weighted by molar-refractivity contribution is 7.22. The molecular formula is C19H20N4OS. The number of fused-ring (bicyclic) bond motifs is 1. The quantitative estimate of drug-likeness (QED) is 0.775. The minimum atomic E-state index is 0.0514. The molecule has 3 aromatic rings. The summed E-state index contributed by atoms with van der Waals surface area (Å²) in [4.78, 5) is 23.3. The van der Waals surface area contributed by atoms with Crippen LogP contribution in [0.2, 0.25) is 0 Å². The van der Waals surface area contributed by atoms with Gasteiger partial charge in [0.05, 0.1) is 5.00 Å². The van der Waals surface area contributed by atoms with Crippen LogP contribution in [0, 0.1) is 6.92 Å². The van der Waals surface area contributed by atoms with Gasteiger partial charge in [0.25, 0.3) is 5.91 Å². The lowest BCUT2D eigenvalue weighted by Crippen LogP contribution is -2.28. The summed E-state index contributed by atoms with van der Waals surface area (Å²) in [7, 11) is 0. The molecule has 0 unspecified atom stereocenters. The maximum Gasteiger partial charge on any atom is 0.273 e. The summed E-state index contributed by atoms with van der Waals surface area (Å²) in [6.45, 7) is 4.41. The number of nitrogens with zero attached hydrogens (tertiary/aromatic N) is 3. The monoisotopic (exact) mass is 352 g/mol. The number of nitrogens with one attached hydrogen (secondary N) is 1. The van der Waals surface area contributed by atoms with Crippen molar-refractivity contribution in [2.75, 3.05) is 18.4 Å². The van der Waals surface area contributed by atoms with E-state index in [4.69, 9.17) is 0 Å². The second-order valence-electron chi connectivity index (χ2n) is 6.28. The number of amides is 1. The molecule has 1 fully saturated rings. The molecule has 1 amide bonds. The molecule has 1 aliphatic rings. The smallest absolute Gasteiger partial charge is 0.273 e. The van der Waals surface area contributed by atoms with Gasteiger partial charge in [-0.1, -0.05) is 6.07 Å². The molecular weight excluding hydrogens is 332 g/mol. The van der Waals surface area contributed by atoms with Crippen LogP contribution < -0.4 is 5.32 Å². The average molecular weight is 352 g/mol. The van der Waals surface area contributed by atoms with E-state index in [1.54, 1.807) is 23.7 Å². The second kappa shape index (κ2) is 6.80. The number of hydrogen-bond acceptors (Lipinski definition) is 5. The number of likely N-dealkylation sites (tertiary alicyclic amines) is 1. The molecule has 3 aromatic heterocycles. The van der Waals surface area contributed by atoms with Gasteiger partial charge in [0, 0.05) is 47.8 Å². The van der Waals surface area contributed by atoms with Gasteiger partial charge in [0.1, 0.15) is 5.69 Å². The minimum Gasteiger partial charge on any atom is -0.373 e. The van der Waals surface area contributed by atoms with Gasteiger partial charge in [-0.25, -0.2) is 0 Å². The number of rotatable bonds is 4. The van der Waals surface area contributed by atoms with Crippen LogP contribution >= 0.6 is 11.3 Å². The summed E-state index contributed by atoms with van der Waals surface area (Å²) in [5.74, 6) is 0.0514. The van der Waals surface area contributed by atoms with E-state index in [9.17, 15) is 4.79 Å². The standard InChI is InChI=1S/C19H20N4OS/c1-13-14(5-4-7-20-13)12-22-17-11-15-16(25-17)6-8-21-18(15)19(24)23-9-2-3-10-23/h4-8,11,22H,2-3,9-10,12H2,1H3. The molecule has 1 saturated heterocycles. The predicted molar refractivity (Wildman–Crippen MR) is 101 cm³/mol. The first-order valence-corrected chi connectivity index (χ1v) is 9.36. The molecule has 0 atom stereocenters. The van der Waals surface area contributed by atoms with Crippen molar-refractivity contribution in [3.05, 3.63) is 53.6 Å². The van der Waals surface area contributed by atoms with E-state index in [2.05, 4.69) is 21.4 Å². The number of thiophene rings is 1. The van der Waals surface area contributed by atoms with Gasteiger partial charge in [-0.05, 0) is 43.5 Å². The van der Waals surface area contributed by atoms with E-state index < -0.39 is 0 Å². The van der Waals surface area contributed by atoms with Crippen molar-refractivity contribution in [1.82, 2.24) is 14.9 Å². The van der Waals surface area contributed by atoms with Crippen molar-refractivity contribution >= 4 is 32.3 Å². The van der Waals surface area contributed by atoms with E-state index in [1.165, 1.54) is 5.56 Å². The molecule has 0 aliphatic carbocycles. The van der Waals surface area contributed by atoms with E-state index in [1.807, 2.05) is 30.0 Å². The lowest BCUT2D eigenvalue weighted by molar-refractivity contribution is 0.0789. The number of carbonyl (C=O) groups excluding carboxylic acids is 1. The molecule has 0 aromatic carbocycles. The maximum absolute atomic E-state index is 12.7. The number of anilines is 1. The number of carbonyl (C=O) groups is 1. The zero-order valence-corrected chi connectivity index (χ0v) is 15.0. The van der Waals surface area contributed by atoms with Gasteiger partial charge >= 0.3 is 0 Å². The Labute approximate surface area is 150 Å². The zero-order chi connectivity index (χ0) is 17.2. The van der Waals surface area contributed by atoms with Crippen LogP contribution in [0.15, 0.2) is 36.7 Å².